The smallest absolute Gasteiger partial charge is 0.268 e. The summed E-state index contributed by atoms with van der Waals surface area (Å²) in [6, 6.07) is 10.3. The van der Waals surface area contributed by atoms with Gasteiger partial charge in [-0.15, -0.1) is 0 Å². The maximum Gasteiger partial charge on any atom is 0.268 e. The van der Waals surface area contributed by atoms with Crippen LogP contribution >= 0.6 is 22.9 Å². The first kappa shape index (κ1) is 23.0. The van der Waals surface area contributed by atoms with E-state index in [0.29, 0.717) is 39.2 Å². The van der Waals surface area contributed by atoms with Crippen LogP contribution in [0, 0.1) is 5.92 Å². The standard InChI is InChI=1S/C23H23ClN4O4S/c1-4-17-22(31)28(16-9-13(24)5-7-18(16)32-17)11-20(29)25-14-6-8-19-15(10-14)26-23(33-19)27-21(30)12(2)3/h5-10,12,17H,4,11H2,1-3H3,(H,25,29)(H,26,27,30). The van der Waals surface area contributed by atoms with Crippen molar-refractivity contribution in [2.45, 2.75) is 33.3 Å². The molecule has 172 valence electrons. The summed E-state index contributed by atoms with van der Waals surface area (Å²) in [5.41, 5.74) is 1.66. The summed E-state index contributed by atoms with van der Waals surface area (Å²) >= 11 is 7.47. The second-order valence-corrected chi connectivity index (χ2v) is 9.41. The molecule has 3 amide bonds. The van der Waals surface area contributed by atoms with Crippen LogP contribution in [-0.4, -0.2) is 35.4 Å². The molecule has 0 radical (unpaired) electrons. The average Bonchev–Trinajstić information content (AvgIpc) is 3.17. The van der Waals surface area contributed by atoms with Gasteiger partial charge in [0.2, 0.25) is 11.8 Å². The Bertz CT molecular complexity index is 1240. The van der Waals surface area contributed by atoms with E-state index in [1.807, 2.05) is 26.8 Å². The SMILES string of the molecule is CCC1Oc2ccc(Cl)cc2N(CC(=O)Nc2ccc3sc(NC(=O)C(C)C)nc3c2)C1=O. The number of nitrogens with zero attached hydrogens (tertiary/aromatic N) is 2. The number of amides is 3. The lowest BCUT2D eigenvalue weighted by molar-refractivity contribution is -0.128. The molecule has 0 saturated carbocycles. The lowest BCUT2D eigenvalue weighted by atomic mass is 10.1. The summed E-state index contributed by atoms with van der Waals surface area (Å²) in [5, 5.41) is 6.56. The fourth-order valence-electron chi connectivity index (χ4n) is 3.37. The van der Waals surface area contributed by atoms with Crippen molar-refractivity contribution >= 4 is 67.4 Å². The Morgan fingerprint density at radius 3 is 2.73 bits per heavy atom. The van der Waals surface area contributed by atoms with E-state index in [2.05, 4.69) is 15.6 Å². The van der Waals surface area contributed by atoms with Crippen molar-refractivity contribution in [3.8, 4) is 5.75 Å². The number of hydrogen-bond acceptors (Lipinski definition) is 6. The number of carbonyl (C=O) groups excluding carboxylic acids is 3. The van der Waals surface area contributed by atoms with Crippen LogP contribution in [0.4, 0.5) is 16.5 Å². The van der Waals surface area contributed by atoms with Gasteiger partial charge in [-0.05, 0) is 42.8 Å². The van der Waals surface area contributed by atoms with Crippen molar-refractivity contribution < 1.29 is 19.1 Å². The Morgan fingerprint density at radius 1 is 1.21 bits per heavy atom. The van der Waals surface area contributed by atoms with Crippen molar-refractivity contribution in [2.24, 2.45) is 5.92 Å². The molecule has 0 saturated heterocycles. The van der Waals surface area contributed by atoms with E-state index >= 15 is 0 Å². The zero-order valence-corrected chi connectivity index (χ0v) is 19.9. The van der Waals surface area contributed by atoms with Crippen LogP contribution in [0.5, 0.6) is 5.75 Å². The van der Waals surface area contributed by atoms with Gasteiger partial charge >= 0.3 is 0 Å². The average molecular weight is 487 g/mol. The van der Waals surface area contributed by atoms with Gasteiger partial charge in [-0.1, -0.05) is 43.7 Å². The molecule has 0 aliphatic carbocycles. The molecule has 2 aromatic carbocycles. The molecule has 33 heavy (non-hydrogen) atoms. The van der Waals surface area contributed by atoms with Gasteiger partial charge in [0.1, 0.15) is 12.3 Å². The van der Waals surface area contributed by atoms with E-state index in [-0.39, 0.29) is 30.2 Å². The second kappa shape index (κ2) is 9.36. The molecule has 0 spiro atoms. The molecule has 1 atom stereocenters. The number of nitrogens with one attached hydrogen (secondary N) is 2. The van der Waals surface area contributed by atoms with Crippen LogP contribution in [0.1, 0.15) is 27.2 Å². The minimum absolute atomic E-state index is 0.108. The van der Waals surface area contributed by atoms with E-state index in [1.54, 1.807) is 30.3 Å². The van der Waals surface area contributed by atoms with Gasteiger partial charge in [-0.3, -0.25) is 19.3 Å². The number of anilines is 3. The van der Waals surface area contributed by atoms with E-state index in [9.17, 15) is 14.4 Å². The third-order valence-electron chi connectivity index (χ3n) is 5.12. The number of aromatic nitrogens is 1. The molecular weight excluding hydrogens is 464 g/mol. The van der Waals surface area contributed by atoms with E-state index in [1.165, 1.54) is 16.2 Å². The minimum Gasteiger partial charge on any atom is -0.478 e. The van der Waals surface area contributed by atoms with E-state index < -0.39 is 6.10 Å². The zero-order valence-electron chi connectivity index (χ0n) is 18.3. The van der Waals surface area contributed by atoms with Crippen molar-refractivity contribution in [3.63, 3.8) is 0 Å². The first-order valence-corrected chi connectivity index (χ1v) is 11.7. The number of benzene rings is 2. The molecule has 1 aliphatic rings. The maximum atomic E-state index is 12.9. The lowest BCUT2D eigenvalue weighted by Crippen LogP contribution is -2.48. The Morgan fingerprint density at radius 2 is 2.00 bits per heavy atom. The quantitative estimate of drug-likeness (QED) is 0.526. The highest BCUT2D eigenvalue weighted by atomic mass is 35.5. The summed E-state index contributed by atoms with van der Waals surface area (Å²) < 4.78 is 6.63. The molecule has 3 aromatic rings. The second-order valence-electron chi connectivity index (χ2n) is 7.94. The summed E-state index contributed by atoms with van der Waals surface area (Å²) in [6.45, 7) is 5.29. The predicted molar refractivity (Wildman–Crippen MR) is 130 cm³/mol. The van der Waals surface area contributed by atoms with Crippen LogP contribution in [0.3, 0.4) is 0 Å². The molecule has 2 N–H and O–H groups in total. The van der Waals surface area contributed by atoms with Crippen molar-refractivity contribution in [3.05, 3.63) is 41.4 Å². The molecule has 10 heteroatoms. The number of rotatable bonds is 6. The number of hydrogen-bond donors (Lipinski definition) is 2. The van der Waals surface area contributed by atoms with Crippen LogP contribution in [-0.2, 0) is 14.4 Å². The monoisotopic (exact) mass is 486 g/mol. The number of fused-ring (bicyclic) bond motifs is 2. The highest BCUT2D eigenvalue weighted by molar-refractivity contribution is 7.22. The van der Waals surface area contributed by atoms with Gasteiger partial charge in [0.25, 0.3) is 5.91 Å². The van der Waals surface area contributed by atoms with Crippen molar-refractivity contribution in [1.29, 1.82) is 0 Å². The summed E-state index contributed by atoms with van der Waals surface area (Å²) in [5.74, 6) is -0.402. The van der Waals surface area contributed by atoms with Crippen LogP contribution in [0.15, 0.2) is 36.4 Å². The molecular formula is C23H23ClN4O4S. The lowest BCUT2D eigenvalue weighted by Gasteiger charge is -2.33. The van der Waals surface area contributed by atoms with E-state index in [0.717, 1.165) is 4.70 Å². The fourth-order valence-corrected chi connectivity index (χ4v) is 4.39. The highest BCUT2D eigenvalue weighted by Gasteiger charge is 2.34. The molecule has 1 aromatic heterocycles. The number of carbonyl (C=O) groups is 3. The van der Waals surface area contributed by atoms with Gasteiger partial charge < -0.3 is 15.4 Å². The molecule has 0 bridgehead atoms. The van der Waals surface area contributed by atoms with Crippen molar-refractivity contribution in [1.82, 2.24) is 4.98 Å². The van der Waals surface area contributed by atoms with Gasteiger partial charge in [0.05, 0.1) is 15.9 Å². The van der Waals surface area contributed by atoms with Gasteiger partial charge in [-0.2, -0.15) is 0 Å². The van der Waals surface area contributed by atoms with Crippen LogP contribution in [0.2, 0.25) is 5.02 Å². The fraction of sp³-hybridized carbons (Fsp3) is 0.304. The Kier molecular flexibility index (Phi) is 6.53. The topological polar surface area (TPSA) is 101 Å². The molecule has 1 aliphatic heterocycles. The molecule has 2 heterocycles. The minimum atomic E-state index is -0.655. The third kappa shape index (κ3) is 4.94. The van der Waals surface area contributed by atoms with Gasteiger partial charge in [0, 0.05) is 16.6 Å². The predicted octanol–water partition coefficient (Wildman–Crippen LogP) is 4.69. The van der Waals surface area contributed by atoms with E-state index in [4.69, 9.17) is 16.3 Å². The normalized spacial score (nSPS) is 15.4. The first-order chi connectivity index (χ1) is 15.7. The Labute approximate surface area is 199 Å². The number of halogens is 1. The summed E-state index contributed by atoms with van der Waals surface area (Å²) in [4.78, 5) is 43.4. The largest absolute Gasteiger partial charge is 0.478 e. The molecule has 0 fully saturated rings. The molecule has 1 unspecified atom stereocenters. The van der Waals surface area contributed by atoms with Crippen LogP contribution in [0.25, 0.3) is 10.2 Å². The third-order valence-corrected chi connectivity index (χ3v) is 6.31. The highest BCUT2D eigenvalue weighted by Crippen LogP contribution is 2.37. The maximum absolute atomic E-state index is 12.9. The molecule has 4 rings (SSSR count). The number of thiazole rings is 1. The Hall–Kier alpha value is -3.17. The van der Waals surface area contributed by atoms with Crippen molar-refractivity contribution in [2.75, 3.05) is 22.1 Å². The Balaban J connectivity index is 1.51. The summed E-state index contributed by atoms with van der Waals surface area (Å²) in [7, 11) is 0. The van der Waals surface area contributed by atoms with Crippen LogP contribution < -0.4 is 20.3 Å². The first-order valence-electron chi connectivity index (χ1n) is 10.5. The van der Waals surface area contributed by atoms with Gasteiger partial charge in [0.15, 0.2) is 11.2 Å². The summed E-state index contributed by atoms with van der Waals surface area (Å²) in [6.07, 6.45) is -0.174. The number of ether oxygens (including phenoxy) is 1. The molecule has 8 nitrogen and oxygen atoms in total. The van der Waals surface area contributed by atoms with Gasteiger partial charge in [-0.25, -0.2) is 4.98 Å². The zero-order chi connectivity index (χ0) is 23.7.